The van der Waals surface area contributed by atoms with Gasteiger partial charge in [0, 0.05) is 18.7 Å². The van der Waals surface area contributed by atoms with Crippen LogP contribution in [-0.4, -0.2) is 49.8 Å². The summed E-state index contributed by atoms with van der Waals surface area (Å²) in [6.45, 7) is 2.55. The highest BCUT2D eigenvalue weighted by atomic mass is 19.4. The van der Waals surface area contributed by atoms with E-state index in [1.807, 2.05) is 4.90 Å². The molecule has 0 saturated carbocycles. The fourth-order valence-corrected chi connectivity index (χ4v) is 5.68. The number of imidazole rings is 1. The minimum absolute atomic E-state index is 0.0380. The summed E-state index contributed by atoms with van der Waals surface area (Å²) in [5.41, 5.74) is -0.494. The number of alkyl halides is 3. The number of ether oxygens (including phenoxy) is 2. The Hall–Kier alpha value is -4.61. The van der Waals surface area contributed by atoms with Crippen molar-refractivity contribution < 1.29 is 41.3 Å². The van der Waals surface area contributed by atoms with Crippen LogP contribution in [0.5, 0.6) is 5.88 Å². The molecule has 1 N–H and O–H groups in total. The lowest BCUT2D eigenvalue weighted by molar-refractivity contribution is -0.139. The molecule has 14 heteroatoms. The molecule has 2 aromatic carbocycles. The number of nitrogens with zero attached hydrogens (tertiary/aromatic N) is 5. The third-order valence-electron chi connectivity index (χ3n) is 8.24. The number of nitriles is 1. The topological polar surface area (TPSA) is 114 Å². The van der Waals surface area contributed by atoms with Crippen molar-refractivity contribution in [3.63, 3.8) is 0 Å². The lowest BCUT2D eigenvalue weighted by Crippen LogP contribution is -2.36. The van der Waals surface area contributed by atoms with Crippen LogP contribution in [0.4, 0.5) is 22.0 Å². The van der Waals surface area contributed by atoms with Crippen molar-refractivity contribution in [3.05, 3.63) is 87.4 Å². The molecular weight excluding hydrogens is 601 g/mol. The summed E-state index contributed by atoms with van der Waals surface area (Å²) in [4.78, 5) is 22.4. The lowest BCUT2D eigenvalue weighted by atomic mass is 9.97. The number of benzene rings is 2. The molecule has 0 radical (unpaired) electrons. The molecule has 0 spiro atoms. The number of carboxylic acid groups (broad SMARTS) is 1. The van der Waals surface area contributed by atoms with Crippen molar-refractivity contribution in [2.75, 3.05) is 13.2 Å². The highest BCUT2D eigenvalue weighted by molar-refractivity contribution is 5.93. The standard InChI is InChI=1S/C31H26F5N5O4/c1-16-27-18(11-22(31(34,35)36)29(39-27)45-15-19-3-2-17(12-37)10-23(19)32)6-8-40(16)14-25-38-24-5-4-21(30(42)43)26(33)28(24)41(25)13-20-7-9-44-20/h2-5,10-11,16,20H,6-9,13-15H2,1H3,(H,42,43)/t16-,20-/m0/s1. The van der Waals surface area contributed by atoms with Gasteiger partial charge in [0.05, 0.1) is 53.6 Å². The van der Waals surface area contributed by atoms with Crippen LogP contribution in [0.2, 0.25) is 0 Å². The van der Waals surface area contributed by atoms with Gasteiger partial charge < -0.3 is 19.1 Å². The molecule has 0 aliphatic carbocycles. The lowest BCUT2D eigenvalue weighted by Gasteiger charge is -2.35. The van der Waals surface area contributed by atoms with Crippen molar-refractivity contribution in [2.24, 2.45) is 0 Å². The van der Waals surface area contributed by atoms with E-state index >= 15 is 4.39 Å². The van der Waals surface area contributed by atoms with E-state index < -0.39 is 53.4 Å². The molecular formula is C31H26F5N5O4. The molecule has 2 aromatic heterocycles. The number of aromatic nitrogens is 3. The Balaban J connectivity index is 1.32. The smallest absolute Gasteiger partial charge is 0.421 e. The maximum atomic E-state index is 15.4. The summed E-state index contributed by atoms with van der Waals surface area (Å²) in [5.74, 6) is -3.36. The fourth-order valence-electron chi connectivity index (χ4n) is 5.68. The second kappa shape index (κ2) is 11.7. The van der Waals surface area contributed by atoms with Gasteiger partial charge in [0.2, 0.25) is 5.88 Å². The molecule has 1 fully saturated rings. The number of fused-ring (bicyclic) bond motifs is 2. The van der Waals surface area contributed by atoms with Gasteiger partial charge in [-0.25, -0.2) is 23.5 Å². The molecule has 45 heavy (non-hydrogen) atoms. The zero-order valence-corrected chi connectivity index (χ0v) is 23.9. The van der Waals surface area contributed by atoms with Gasteiger partial charge in [0.15, 0.2) is 5.82 Å². The molecule has 9 nitrogen and oxygen atoms in total. The largest absolute Gasteiger partial charge is 0.478 e. The van der Waals surface area contributed by atoms with E-state index in [2.05, 4.69) is 9.97 Å². The average Bonchev–Trinajstić information content (AvgIpc) is 3.32. The van der Waals surface area contributed by atoms with Crippen LogP contribution >= 0.6 is 0 Å². The zero-order valence-electron chi connectivity index (χ0n) is 23.9. The van der Waals surface area contributed by atoms with E-state index in [9.17, 15) is 27.5 Å². The predicted molar refractivity (Wildman–Crippen MR) is 148 cm³/mol. The normalized spacial score (nSPS) is 18.3. The maximum absolute atomic E-state index is 15.4. The van der Waals surface area contributed by atoms with E-state index in [1.165, 1.54) is 18.2 Å². The van der Waals surface area contributed by atoms with Crippen LogP contribution in [0.25, 0.3) is 11.0 Å². The monoisotopic (exact) mass is 627 g/mol. The van der Waals surface area contributed by atoms with Crippen molar-refractivity contribution in [1.29, 1.82) is 5.26 Å². The van der Waals surface area contributed by atoms with Crippen molar-refractivity contribution in [2.45, 2.75) is 57.8 Å². The first-order valence-electron chi connectivity index (χ1n) is 14.1. The molecule has 0 bridgehead atoms. The second-order valence-electron chi connectivity index (χ2n) is 11.0. The predicted octanol–water partition coefficient (Wildman–Crippen LogP) is 5.79. The third-order valence-corrected chi connectivity index (χ3v) is 8.24. The first-order chi connectivity index (χ1) is 21.4. The number of hydrogen-bond acceptors (Lipinski definition) is 7. The van der Waals surface area contributed by atoms with Gasteiger partial charge >= 0.3 is 12.1 Å². The second-order valence-corrected chi connectivity index (χ2v) is 11.0. The molecule has 0 amide bonds. The summed E-state index contributed by atoms with van der Waals surface area (Å²) in [6, 6.07) is 8.47. The summed E-state index contributed by atoms with van der Waals surface area (Å²) >= 11 is 0. The van der Waals surface area contributed by atoms with Crippen molar-refractivity contribution in [3.8, 4) is 11.9 Å². The molecule has 6 rings (SSSR count). The van der Waals surface area contributed by atoms with E-state index in [-0.39, 0.29) is 47.8 Å². The number of carbonyl (C=O) groups is 1. The first kappa shape index (κ1) is 30.4. The third kappa shape index (κ3) is 5.81. The van der Waals surface area contributed by atoms with Gasteiger partial charge in [-0.3, -0.25) is 4.90 Å². The highest BCUT2D eigenvalue weighted by Crippen LogP contribution is 2.40. The summed E-state index contributed by atoms with van der Waals surface area (Å²) < 4.78 is 84.6. The van der Waals surface area contributed by atoms with E-state index in [0.29, 0.717) is 30.2 Å². The molecule has 234 valence electrons. The average molecular weight is 628 g/mol. The van der Waals surface area contributed by atoms with Gasteiger partial charge in [-0.05, 0) is 55.7 Å². The van der Waals surface area contributed by atoms with Crippen LogP contribution in [-0.2, 0) is 37.0 Å². The quantitative estimate of drug-likeness (QED) is 0.245. The SMILES string of the molecule is C[C@H]1c2nc(OCc3ccc(C#N)cc3F)c(C(F)(F)F)cc2CCN1Cc1nc2ccc(C(=O)O)c(F)c2n1C[C@@H]1CCO1. The first-order valence-corrected chi connectivity index (χ1v) is 14.1. The molecule has 2 atom stereocenters. The van der Waals surface area contributed by atoms with E-state index in [4.69, 9.17) is 14.7 Å². The van der Waals surface area contributed by atoms with Gasteiger partial charge in [0.25, 0.3) is 0 Å². The molecule has 2 aliphatic heterocycles. The molecule has 1 saturated heterocycles. The molecule has 4 aromatic rings. The molecule has 2 aliphatic rings. The van der Waals surface area contributed by atoms with Gasteiger partial charge in [-0.15, -0.1) is 0 Å². The zero-order chi connectivity index (χ0) is 32.0. The Morgan fingerprint density at radius 1 is 1.20 bits per heavy atom. The summed E-state index contributed by atoms with van der Waals surface area (Å²) in [5, 5.41) is 18.4. The number of carboxylic acids is 1. The maximum Gasteiger partial charge on any atom is 0.421 e. The van der Waals surface area contributed by atoms with Crippen LogP contribution in [0.15, 0.2) is 36.4 Å². The van der Waals surface area contributed by atoms with Gasteiger partial charge in [-0.1, -0.05) is 6.07 Å². The van der Waals surface area contributed by atoms with Crippen LogP contribution in [0.3, 0.4) is 0 Å². The minimum Gasteiger partial charge on any atom is -0.478 e. The van der Waals surface area contributed by atoms with E-state index in [1.54, 1.807) is 17.6 Å². The molecule has 0 unspecified atom stereocenters. The fraction of sp³-hybridized carbons (Fsp3) is 0.355. The summed E-state index contributed by atoms with van der Waals surface area (Å²) in [6.07, 6.45) is -4.01. The van der Waals surface area contributed by atoms with Crippen LogP contribution in [0.1, 0.15) is 63.5 Å². The Bertz CT molecular complexity index is 1850. The van der Waals surface area contributed by atoms with Crippen molar-refractivity contribution >= 4 is 17.0 Å². The van der Waals surface area contributed by atoms with Crippen LogP contribution < -0.4 is 4.74 Å². The Kier molecular flexibility index (Phi) is 7.92. The minimum atomic E-state index is -4.78. The van der Waals surface area contributed by atoms with Gasteiger partial charge in [-0.2, -0.15) is 18.4 Å². The van der Waals surface area contributed by atoms with Gasteiger partial charge in [0.1, 0.15) is 29.3 Å². The molecule has 4 heterocycles. The number of hydrogen-bond donors (Lipinski definition) is 1. The Labute approximate surface area is 253 Å². The van der Waals surface area contributed by atoms with E-state index in [0.717, 1.165) is 24.6 Å². The summed E-state index contributed by atoms with van der Waals surface area (Å²) in [7, 11) is 0. The Morgan fingerprint density at radius 3 is 2.62 bits per heavy atom. The highest BCUT2D eigenvalue weighted by Gasteiger charge is 2.39. The number of rotatable bonds is 8. The number of aromatic carboxylic acids is 1. The van der Waals surface area contributed by atoms with Crippen LogP contribution in [0, 0.1) is 23.0 Å². The van der Waals surface area contributed by atoms with Crippen molar-refractivity contribution in [1.82, 2.24) is 19.4 Å². The number of pyridine rings is 1. The number of halogens is 5. The Morgan fingerprint density at radius 2 is 1.98 bits per heavy atom.